The normalized spacial score (nSPS) is 10.1. The van der Waals surface area contributed by atoms with E-state index in [4.69, 9.17) is 14.2 Å². The maximum absolute atomic E-state index is 12.0. The van der Waals surface area contributed by atoms with Gasteiger partial charge in [0.15, 0.2) is 11.5 Å². The Morgan fingerprint density at radius 3 is 2.46 bits per heavy atom. The Hall–Kier alpha value is -3.09. The standard InChI is InChI=1S/C17H17NO6/c1-3-23-17(19)13-9-16(15(22-2)10-14(13)18(20)21)24-11-12-7-5-4-6-8-12/h4-10H,3,11H2,1-2H3. The third kappa shape index (κ3) is 4.01. The van der Waals surface area contributed by atoms with Crippen LogP contribution in [0.2, 0.25) is 0 Å². The molecular weight excluding hydrogens is 314 g/mol. The second-order valence-corrected chi connectivity index (χ2v) is 4.77. The zero-order chi connectivity index (χ0) is 17.5. The molecular formula is C17H17NO6. The number of methoxy groups -OCH3 is 1. The Morgan fingerprint density at radius 1 is 1.17 bits per heavy atom. The molecule has 7 heteroatoms. The van der Waals surface area contributed by atoms with Crippen molar-refractivity contribution in [3.63, 3.8) is 0 Å². The number of hydrogen-bond acceptors (Lipinski definition) is 6. The van der Waals surface area contributed by atoms with E-state index >= 15 is 0 Å². The summed E-state index contributed by atoms with van der Waals surface area (Å²) in [6, 6.07) is 11.8. The lowest BCUT2D eigenvalue weighted by Gasteiger charge is -2.12. The highest BCUT2D eigenvalue weighted by Crippen LogP contribution is 2.35. The summed E-state index contributed by atoms with van der Waals surface area (Å²) in [6.45, 7) is 1.97. The molecule has 0 amide bonds. The fraction of sp³-hybridized carbons (Fsp3) is 0.235. The number of rotatable bonds is 7. The summed E-state index contributed by atoms with van der Waals surface area (Å²) in [5.74, 6) is -0.378. The molecule has 0 N–H and O–H groups in total. The van der Waals surface area contributed by atoms with Crippen LogP contribution in [0.3, 0.4) is 0 Å². The van der Waals surface area contributed by atoms with Crippen LogP contribution in [0.15, 0.2) is 42.5 Å². The Bertz CT molecular complexity index is 729. The summed E-state index contributed by atoms with van der Waals surface area (Å²) in [5.41, 5.74) is 0.346. The van der Waals surface area contributed by atoms with Gasteiger partial charge in [-0.1, -0.05) is 30.3 Å². The number of nitrogens with zero attached hydrogens (tertiary/aromatic N) is 1. The molecule has 0 unspecified atom stereocenters. The van der Waals surface area contributed by atoms with Crippen LogP contribution in [-0.2, 0) is 11.3 Å². The third-order valence-corrected chi connectivity index (χ3v) is 3.21. The van der Waals surface area contributed by atoms with Gasteiger partial charge < -0.3 is 14.2 Å². The molecule has 0 radical (unpaired) electrons. The zero-order valence-electron chi connectivity index (χ0n) is 13.4. The lowest BCUT2D eigenvalue weighted by atomic mass is 10.1. The summed E-state index contributed by atoms with van der Waals surface area (Å²) >= 11 is 0. The van der Waals surface area contributed by atoms with E-state index < -0.39 is 16.6 Å². The molecule has 0 spiro atoms. The van der Waals surface area contributed by atoms with Crippen molar-refractivity contribution in [3.05, 3.63) is 63.7 Å². The number of esters is 1. The summed E-state index contributed by atoms with van der Waals surface area (Å²) in [6.07, 6.45) is 0. The van der Waals surface area contributed by atoms with Crippen LogP contribution in [0.1, 0.15) is 22.8 Å². The van der Waals surface area contributed by atoms with Crippen LogP contribution in [0, 0.1) is 10.1 Å². The first kappa shape index (κ1) is 17.3. The van der Waals surface area contributed by atoms with Crippen molar-refractivity contribution in [2.45, 2.75) is 13.5 Å². The number of benzene rings is 2. The van der Waals surface area contributed by atoms with Crippen molar-refractivity contribution in [3.8, 4) is 11.5 Å². The fourth-order valence-corrected chi connectivity index (χ4v) is 2.08. The number of nitro benzene ring substituents is 1. The third-order valence-electron chi connectivity index (χ3n) is 3.21. The summed E-state index contributed by atoms with van der Waals surface area (Å²) in [5, 5.41) is 11.2. The van der Waals surface area contributed by atoms with Crippen molar-refractivity contribution in [1.82, 2.24) is 0 Å². The molecule has 2 aromatic rings. The average Bonchev–Trinajstić information content (AvgIpc) is 2.60. The number of nitro groups is 1. The topological polar surface area (TPSA) is 87.9 Å². The number of ether oxygens (including phenoxy) is 3. The predicted octanol–water partition coefficient (Wildman–Crippen LogP) is 3.36. The minimum absolute atomic E-state index is 0.113. The van der Waals surface area contributed by atoms with Gasteiger partial charge in [-0.2, -0.15) is 0 Å². The molecule has 0 fully saturated rings. The van der Waals surface area contributed by atoms with Gasteiger partial charge in [-0.15, -0.1) is 0 Å². The molecule has 0 heterocycles. The SMILES string of the molecule is CCOC(=O)c1cc(OCc2ccccc2)c(OC)cc1[N+](=O)[O-]. The minimum Gasteiger partial charge on any atom is -0.493 e. The molecule has 2 rings (SSSR count). The molecule has 0 aliphatic heterocycles. The smallest absolute Gasteiger partial charge is 0.345 e. The van der Waals surface area contributed by atoms with E-state index in [0.717, 1.165) is 11.6 Å². The number of hydrogen-bond donors (Lipinski definition) is 0. The Kier molecular flexibility index (Phi) is 5.73. The second-order valence-electron chi connectivity index (χ2n) is 4.77. The van der Waals surface area contributed by atoms with Crippen LogP contribution in [0.4, 0.5) is 5.69 Å². The predicted molar refractivity (Wildman–Crippen MR) is 86.4 cm³/mol. The first-order valence-electron chi connectivity index (χ1n) is 7.27. The van der Waals surface area contributed by atoms with E-state index in [1.165, 1.54) is 13.2 Å². The molecule has 2 aromatic carbocycles. The van der Waals surface area contributed by atoms with E-state index in [-0.39, 0.29) is 30.3 Å². The van der Waals surface area contributed by atoms with Gasteiger partial charge >= 0.3 is 5.97 Å². The van der Waals surface area contributed by atoms with Gasteiger partial charge in [0.2, 0.25) is 0 Å². The number of carbonyl (C=O) groups is 1. The fourth-order valence-electron chi connectivity index (χ4n) is 2.08. The molecule has 0 aliphatic carbocycles. The molecule has 0 saturated heterocycles. The largest absolute Gasteiger partial charge is 0.493 e. The molecule has 0 aliphatic rings. The van der Waals surface area contributed by atoms with E-state index in [1.807, 2.05) is 30.3 Å². The summed E-state index contributed by atoms with van der Waals surface area (Å²) < 4.78 is 15.7. The van der Waals surface area contributed by atoms with Gasteiger partial charge in [-0.3, -0.25) is 10.1 Å². The van der Waals surface area contributed by atoms with Crippen LogP contribution < -0.4 is 9.47 Å². The van der Waals surface area contributed by atoms with Crippen molar-refractivity contribution in [1.29, 1.82) is 0 Å². The van der Waals surface area contributed by atoms with Gasteiger partial charge in [0, 0.05) is 6.07 Å². The maximum Gasteiger partial charge on any atom is 0.345 e. The summed E-state index contributed by atoms with van der Waals surface area (Å²) in [4.78, 5) is 22.5. The quantitative estimate of drug-likeness (QED) is 0.439. The first-order chi connectivity index (χ1) is 11.6. The Labute approximate surface area is 138 Å². The highest BCUT2D eigenvalue weighted by molar-refractivity contribution is 5.95. The first-order valence-corrected chi connectivity index (χ1v) is 7.27. The van der Waals surface area contributed by atoms with Crippen molar-refractivity contribution >= 4 is 11.7 Å². The number of carbonyl (C=O) groups excluding carboxylic acids is 1. The van der Waals surface area contributed by atoms with E-state index in [2.05, 4.69) is 0 Å². The maximum atomic E-state index is 12.0. The van der Waals surface area contributed by atoms with Crippen LogP contribution >= 0.6 is 0 Å². The highest BCUT2D eigenvalue weighted by Gasteiger charge is 2.25. The van der Waals surface area contributed by atoms with Gasteiger partial charge in [-0.05, 0) is 12.5 Å². The van der Waals surface area contributed by atoms with Gasteiger partial charge in [0.05, 0.1) is 24.7 Å². The van der Waals surface area contributed by atoms with Gasteiger partial charge in [-0.25, -0.2) is 4.79 Å². The Morgan fingerprint density at radius 2 is 1.88 bits per heavy atom. The average molecular weight is 331 g/mol. The van der Waals surface area contributed by atoms with Crippen LogP contribution in [0.5, 0.6) is 11.5 Å². The molecule has 0 bridgehead atoms. The highest BCUT2D eigenvalue weighted by atomic mass is 16.6. The minimum atomic E-state index is -0.781. The zero-order valence-corrected chi connectivity index (χ0v) is 13.4. The van der Waals surface area contributed by atoms with E-state index in [9.17, 15) is 14.9 Å². The van der Waals surface area contributed by atoms with Crippen LogP contribution in [0.25, 0.3) is 0 Å². The van der Waals surface area contributed by atoms with Crippen LogP contribution in [-0.4, -0.2) is 24.6 Å². The van der Waals surface area contributed by atoms with Crippen molar-refractivity contribution < 1.29 is 23.9 Å². The molecule has 24 heavy (non-hydrogen) atoms. The molecule has 0 atom stereocenters. The molecule has 126 valence electrons. The molecule has 0 saturated carbocycles. The van der Waals surface area contributed by atoms with Gasteiger partial charge in [0.1, 0.15) is 12.2 Å². The monoisotopic (exact) mass is 331 g/mol. The van der Waals surface area contributed by atoms with Crippen molar-refractivity contribution in [2.75, 3.05) is 13.7 Å². The molecule has 7 nitrogen and oxygen atoms in total. The Balaban J connectivity index is 2.36. The lowest BCUT2D eigenvalue weighted by molar-refractivity contribution is -0.385. The van der Waals surface area contributed by atoms with E-state index in [1.54, 1.807) is 6.92 Å². The van der Waals surface area contributed by atoms with Crippen molar-refractivity contribution in [2.24, 2.45) is 0 Å². The second kappa shape index (κ2) is 7.96. The van der Waals surface area contributed by atoms with Gasteiger partial charge in [0.25, 0.3) is 5.69 Å². The lowest BCUT2D eigenvalue weighted by Crippen LogP contribution is -2.09. The molecule has 0 aromatic heterocycles. The summed E-state index contributed by atoms with van der Waals surface area (Å²) in [7, 11) is 1.37. The van der Waals surface area contributed by atoms with E-state index in [0.29, 0.717) is 0 Å².